The van der Waals surface area contributed by atoms with Crippen molar-refractivity contribution in [3.8, 4) is 23.0 Å². The van der Waals surface area contributed by atoms with Gasteiger partial charge in [-0.3, -0.25) is 9.59 Å². The minimum Gasteiger partial charge on any atom is -0.497 e. The standard InChI is InChI=1S/C22H26ClN3O6/c1-6-31-14-8-9-17(19(12-14)32-7-2)25-26-20(13(3)27)22(28)24-18-11-15(29-4)10-16(23)21(18)30-5/h8-12,20H,6-7H2,1-5H3,(H,24,28). The summed E-state index contributed by atoms with van der Waals surface area (Å²) in [5.74, 6) is 0.466. The average molecular weight is 464 g/mol. The molecule has 32 heavy (non-hydrogen) atoms. The van der Waals surface area contributed by atoms with E-state index < -0.39 is 17.7 Å². The minimum atomic E-state index is -1.40. The van der Waals surface area contributed by atoms with Gasteiger partial charge in [0.1, 0.15) is 22.9 Å². The highest BCUT2D eigenvalue weighted by molar-refractivity contribution is 6.33. The molecule has 0 saturated heterocycles. The monoisotopic (exact) mass is 463 g/mol. The number of rotatable bonds is 11. The van der Waals surface area contributed by atoms with Gasteiger partial charge in [-0.15, -0.1) is 0 Å². The molecule has 0 aromatic heterocycles. The van der Waals surface area contributed by atoms with Crippen molar-refractivity contribution in [1.29, 1.82) is 0 Å². The Labute approximate surface area is 191 Å². The molecule has 0 heterocycles. The number of ether oxygens (including phenoxy) is 4. The van der Waals surface area contributed by atoms with Crippen LogP contribution in [-0.4, -0.2) is 45.2 Å². The first-order valence-corrected chi connectivity index (χ1v) is 10.3. The molecule has 0 spiro atoms. The van der Waals surface area contributed by atoms with E-state index in [0.717, 1.165) is 0 Å². The van der Waals surface area contributed by atoms with Gasteiger partial charge in [-0.05, 0) is 32.9 Å². The maximum atomic E-state index is 12.8. The molecule has 0 aliphatic rings. The van der Waals surface area contributed by atoms with E-state index in [-0.39, 0.29) is 16.5 Å². The molecule has 0 aliphatic heterocycles. The van der Waals surface area contributed by atoms with Crippen LogP contribution in [0.3, 0.4) is 0 Å². The molecule has 2 aromatic rings. The zero-order valence-electron chi connectivity index (χ0n) is 18.6. The van der Waals surface area contributed by atoms with Crippen LogP contribution in [0, 0.1) is 0 Å². The van der Waals surface area contributed by atoms with Crippen molar-refractivity contribution >= 4 is 34.7 Å². The second-order valence-corrected chi connectivity index (χ2v) is 6.81. The summed E-state index contributed by atoms with van der Waals surface area (Å²) in [6.07, 6.45) is 0. The number of nitrogens with zero attached hydrogens (tertiary/aromatic N) is 2. The lowest BCUT2D eigenvalue weighted by Gasteiger charge is -2.15. The van der Waals surface area contributed by atoms with Crippen molar-refractivity contribution in [2.24, 2.45) is 10.2 Å². The number of azo groups is 1. The van der Waals surface area contributed by atoms with Gasteiger partial charge in [-0.1, -0.05) is 11.6 Å². The summed E-state index contributed by atoms with van der Waals surface area (Å²) in [6.45, 7) is 5.84. The van der Waals surface area contributed by atoms with E-state index in [9.17, 15) is 9.59 Å². The molecule has 1 atom stereocenters. The molecule has 172 valence electrons. The zero-order chi connectivity index (χ0) is 23.7. The van der Waals surface area contributed by atoms with Gasteiger partial charge in [0.25, 0.3) is 5.91 Å². The maximum Gasteiger partial charge on any atom is 0.258 e. The number of carbonyl (C=O) groups excluding carboxylic acids is 2. The van der Waals surface area contributed by atoms with E-state index in [1.54, 1.807) is 24.3 Å². The van der Waals surface area contributed by atoms with Crippen molar-refractivity contribution in [3.05, 3.63) is 35.4 Å². The second-order valence-electron chi connectivity index (χ2n) is 6.40. The molecular weight excluding hydrogens is 438 g/mol. The van der Waals surface area contributed by atoms with Crippen LogP contribution in [0.4, 0.5) is 11.4 Å². The van der Waals surface area contributed by atoms with Gasteiger partial charge in [0.05, 0.1) is 38.1 Å². The number of hydrogen-bond acceptors (Lipinski definition) is 8. The van der Waals surface area contributed by atoms with Crippen LogP contribution >= 0.6 is 11.6 Å². The Morgan fingerprint density at radius 2 is 1.75 bits per heavy atom. The first kappa shape index (κ1) is 24.9. The Bertz CT molecular complexity index is 996. The minimum absolute atomic E-state index is 0.227. The summed E-state index contributed by atoms with van der Waals surface area (Å²) in [7, 11) is 2.87. The van der Waals surface area contributed by atoms with Crippen LogP contribution in [0.2, 0.25) is 5.02 Å². The maximum absolute atomic E-state index is 12.8. The van der Waals surface area contributed by atoms with Crippen molar-refractivity contribution < 1.29 is 28.5 Å². The first-order chi connectivity index (χ1) is 15.3. The Kier molecular flexibility index (Phi) is 9.27. The number of benzene rings is 2. The molecule has 0 bridgehead atoms. The van der Waals surface area contributed by atoms with Gasteiger partial charge in [-0.25, -0.2) is 0 Å². The normalized spacial score (nSPS) is 11.7. The second kappa shape index (κ2) is 11.9. The molecule has 1 unspecified atom stereocenters. The van der Waals surface area contributed by atoms with Crippen LogP contribution in [0.5, 0.6) is 23.0 Å². The van der Waals surface area contributed by atoms with Gasteiger partial charge in [0.2, 0.25) is 6.04 Å². The number of hydrogen-bond donors (Lipinski definition) is 1. The highest BCUT2D eigenvalue weighted by Crippen LogP contribution is 2.37. The van der Waals surface area contributed by atoms with E-state index in [1.165, 1.54) is 27.2 Å². The molecule has 1 amide bonds. The quantitative estimate of drug-likeness (QED) is 0.377. The molecule has 9 nitrogen and oxygen atoms in total. The summed E-state index contributed by atoms with van der Waals surface area (Å²) in [6, 6.07) is 6.68. The van der Waals surface area contributed by atoms with Crippen LogP contribution in [0.25, 0.3) is 0 Å². The van der Waals surface area contributed by atoms with E-state index in [1.807, 2.05) is 13.8 Å². The predicted octanol–water partition coefficient (Wildman–Crippen LogP) is 4.83. The molecular formula is C22H26ClN3O6. The molecule has 0 saturated carbocycles. The molecule has 2 rings (SSSR count). The molecule has 0 radical (unpaired) electrons. The van der Waals surface area contributed by atoms with Gasteiger partial charge in [0, 0.05) is 18.2 Å². The molecule has 10 heteroatoms. The van der Waals surface area contributed by atoms with Crippen molar-refractivity contribution in [3.63, 3.8) is 0 Å². The highest BCUT2D eigenvalue weighted by atomic mass is 35.5. The fraction of sp³-hybridized carbons (Fsp3) is 0.364. The topological polar surface area (TPSA) is 108 Å². The third kappa shape index (κ3) is 6.34. The van der Waals surface area contributed by atoms with Crippen LogP contribution < -0.4 is 24.3 Å². The van der Waals surface area contributed by atoms with Crippen molar-refractivity contribution in [1.82, 2.24) is 0 Å². The largest absolute Gasteiger partial charge is 0.497 e. The average Bonchev–Trinajstić information content (AvgIpc) is 2.75. The van der Waals surface area contributed by atoms with Crippen molar-refractivity contribution in [2.75, 3.05) is 32.8 Å². The number of carbonyl (C=O) groups is 2. The third-order valence-corrected chi connectivity index (χ3v) is 4.45. The first-order valence-electron chi connectivity index (χ1n) is 9.87. The Hall–Kier alpha value is -3.33. The predicted molar refractivity (Wildman–Crippen MR) is 121 cm³/mol. The van der Waals surface area contributed by atoms with Crippen LogP contribution in [-0.2, 0) is 9.59 Å². The number of nitrogens with one attached hydrogen (secondary N) is 1. The van der Waals surface area contributed by atoms with Gasteiger partial charge < -0.3 is 24.3 Å². The highest BCUT2D eigenvalue weighted by Gasteiger charge is 2.25. The summed E-state index contributed by atoms with van der Waals surface area (Å²) in [5, 5.41) is 10.9. The molecule has 2 aromatic carbocycles. The number of anilines is 1. The fourth-order valence-electron chi connectivity index (χ4n) is 2.73. The SMILES string of the molecule is CCOc1ccc(N=NC(C(C)=O)C(=O)Nc2cc(OC)cc(Cl)c2OC)c(OCC)c1. The van der Waals surface area contributed by atoms with E-state index in [4.69, 9.17) is 30.5 Å². The van der Waals surface area contributed by atoms with Gasteiger partial charge in [0.15, 0.2) is 11.5 Å². The van der Waals surface area contributed by atoms with E-state index >= 15 is 0 Å². The zero-order valence-corrected chi connectivity index (χ0v) is 19.4. The van der Waals surface area contributed by atoms with E-state index in [0.29, 0.717) is 36.1 Å². The smallest absolute Gasteiger partial charge is 0.258 e. The number of Topliss-reactive ketones (excluding diaryl/α,β-unsaturated/α-hetero) is 1. The Morgan fingerprint density at radius 1 is 1.03 bits per heavy atom. The lowest BCUT2D eigenvalue weighted by molar-refractivity contribution is -0.126. The Balaban J connectivity index is 2.32. The number of ketones is 1. The number of methoxy groups -OCH3 is 2. The third-order valence-electron chi connectivity index (χ3n) is 4.17. The van der Waals surface area contributed by atoms with Crippen LogP contribution in [0.1, 0.15) is 20.8 Å². The van der Waals surface area contributed by atoms with Gasteiger partial charge >= 0.3 is 0 Å². The molecule has 1 N–H and O–H groups in total. The lowest BCUT2D eigenvalue weighted by atomic mass is 10.2. The van der Waals surface area contributed by atoms with Crippen molar-refractivity contribution in [2.45, 2.75) is 26.8 Å². The summed E-state index contributed by atoms with van der Waals surface area (Å²) in [5.41, 5.74) is 0.593. The lowest BCUT2D eigenvalue weighted by Crippen LogP contribution is -2.32. The summed E-state index contributed by atoms with van der Waals surface area (Å²) in [4.78, 5) is 25.0. The van der Waals surface area contributed by atoms with Gasteiger partial charge in [-0.2, -0.15) is 10.2 Å². The summed E-state index contributed by atoms with van der Waals surface area (Å²) >= 11 is 6.17. The number of halogens is 1. The number of amides is 1. The van der Waals surface area contributed by atoms with E-state index in [2.05, 4.69) is 15.5 Å². The summed E-state index contributed by atoms with van der Waals surface area (Å²) < 4.78 is 21.5. The fourth-order valence-corrected chi connectivity index (χ4v) is 3.02. The van der Waals surface area contributed by atoms with Crippen LogP contribution in [0.15, 0.2) is 40.6 Å². The Morgan fingerprint density at radius 3 is 2.34 bits per heavy atom. The molecule has 0 fully saturated rings. The molecule has 0 aliphatic carbocycles.